The number of esters is 1. The molecule has 0 saturated carbocycles. The molecule has 306 valence electrons. The van der Waals surface area contributed by atoms with Gasteiger partial charge in [0.1, 0.15) is 29.7 Å². The van der Waals surface area contributed by atoms with Crippen molar-refractivity contribution in [3.63, 3.8) is 0 Å². The number of ether oxygens (including phenoxy) is 7. The van der Waals surface area contributed by atoms with Crippen LogP contribution in [0.3, 0.4) is 0 Å². The van der Waals surface area contributed by atoms with Crippen molar-refractivity contribution in [2.75, 3.05) is 28.3 Å². The quantitative estimate of drug-likeness (QED) is 0.207. The molecule has 14 nitrogen and oxygen atoms in total. The molecule has 0 spiro atoms. The first-order chi connectivity index (χ1) is 24.0. The van der Waals surface area contributed by atoms with E-state index in [1.165, 1.54) is 21.1 Å². The predicted octanol–water partition coefficient (Wildman–Crippen LogP) is 2.44. The molecule has 3 fully saturated rings. The van der Waals surface area contributed by atoms with Crippen LogP contribution in [0.1, 0.15) is 94.9 Å². The fourth-order valence-electron chi connectivity index (χ4n) is 8.58. The van der Waals surface area contributed by atoms with Gasteiger partial charge < -0.3 is 58.5 Å². The third kappa shape index (κ3) is 10.4. The van der Waals surface area contributed by atoms with Gasteiger partial charge in [0.2, 0.25) is 0 Å². The summed E-state index contributed by atoms with van der Waals surface area (Å²) in [6.45, 7) is 17.1. The van der Waals surface area contributed by atoms with E-state index in [4.69, 9.17) is 33.2 Å². The molecule has 3 rings (SSSR count). The van der Waals surface area contributed by atoms with Crippen molar-refractivity contribution in [1.82, 2.24) is 4.90 Å². The van der Waals surface area contributed by atoms with Gasteiger partial charge >= 0.3 is 5.97 Å². The number of likely N-dealkylation sites (N-methyl/N-ethyl adjacent to an activating group) is 1. The van der Waals surface area contributed by atoms with Crippen LogP contribution in [-0.2, 0) is 62.2 Å². The van der Waals surface area contributed by atoms with Crippen molar-refractivity contribution in [2.45, 2.75) is 179 Å². The van der Waals surface area contributed by atoms with E-state index < -0.39 is 102 Å². The van der Waals surface area contributed by atoms with Gasteiger partial charge in [-0.05, 0) is 74.9 Å². The Kier molecular flexibility index (Phi) is 17.5. The minimum absolute atomic E-state index is 0. The molecule has 0 aromatic heterocycles. The van der Waals surface area contributed by atoms with Crippen molar-refractivity contribution in [1.29, 1.82) is 0 Å². The number of nitrogens with zero attached hydrogens (tertiary/aromatic N) is 1. The van der Waals surface area contributed by atoms with Gasteiger partial charge in [0.05, 0.1) is 47.6 Å². The van der Waals surface area contributed by atoms with Gasteiger partial charge in [-0.3, -0.25) is 9.59 Å². The number of ketones is 1. The fraction of sp³-hybridized carbons (Fsp3) is 0.947. The molecule has 53 heavy (non-hydrogen) atoms. The number of rotatable bonds is 8. The molecule has 3 aliphatic rings. The summed E-state index contributed by atoms with van der Waals surface area (Å²) < 4.78 is 43.9. The van der Waals surface area contributed by atoms with Crippen molar-refractivity contribution >= 4 is 11.8 Å². The van der Waals surface area contributed by atoms with Gasteiger partial charge in [0.25, 0.3) is 0 Å². The number of Topliss-reactive ketones (excluding diaryl/α,β-unsaturated/α-hetero) is 1. The third-order valence-electron chi connectivity index (χ3n) is 12.3. The van der Waals surface area contributed by atoms with E-state index in [0.29, 0.717) is 6.42 Å². The van der Waals surface area contributed by atoms with Gasteiger partial charge in [0, 0.05) is 63.9 Å². The summed E-state index contributed by atoms with van der Waals surface area (Å²) in [7, 11) is 6.77. The van der Waals surface area contributed by atoms with E-state index in [1.54, 1.807) is 48.5 Å². The van der Waals surface area contributed by atoms with Crippen LogP contribution in [0.5, 0.6) is 0 Å². The molecule has 0 aromatic rings. The molecule has 0 bridgehead atoms. The summed E-state index contributed by atoms with van der Waals surface area (Å²) in [4.78, 5) is 30.1. The van der Waals surface area contributed by atoms with Crippen LogP contribution in [0.15, 0.2) is 0 Å². The monoisotopic (exact) mass is 811 g/mol. The molecule has 3 saturated heterocycles. The maximum atomic E-state index is 14.2. The van der Waals surface area contributed by atoms with Gasteiger partial charge in [-0.1, -0.05) is 27.7 Å². The van der Waals surface area contributed by atoms with E-state index in [2.05, 4.69) is 0 Å². The predicted molar refractivity (Wildman–Crippen MR) is 191 cm³/mol. The van der Waals surface area contributed by atoms with Crippen LogP contribution in [0.4, 0.5) is 0 Å². The number of hydrogen-bond donors (Lipinski definition) is 4. The van der Waals surface area contributed by atoms with Crippen LogP contribution in [0, 0.1) is 23.7 Å². The van der Waals surface area contributed by atoms with E-state index in [-0.39, 0.29) is 56.7 Å². The standard InChI is InChI=1S/C38H69NO13.Zn/c1-15-26-38(10,45)31(42)21(4)28(40)19(2)17-37(9,47-14)33(52-35-29(41)25(39(11)12)16-20(3)48-35)22(5)30(23(6)34(44)50-26)51-27-18-36(8,46-13)32(43)24(7)49-27;/h19-27,29-33,35,41-43,45H,15-18H2,1-14H3;/t19-,20-,21+,22?,23-,24+,25+,26-,27+,29-,30+,31-,32+,33-,35+,36-,37-,38-;/m1./s1. The minimum atomic E-state index is -1.96. The molecule has 0 aliphatic carbocycles. The smallest absolute Gasteiger partial charge is 0.311 e. The Labute approximate surface area is 329 Å². The first kappa shape index (κ1) is 48.5. The zero-order valence-corrected chi connectivity index (χ0v) is 37.6. The Morgan fingerprint density at radius 2 is 1.43 bits per heavy atom. The minimum Gasteiger partial charge on any atom is -0.459 e. The molecular weight excluding hydrogens is 744 g/mol. The number of cyclic esters (lactones) is 1. The Morgan fingerprint density at radius 3 is 1.96 bits per heavy atom. The van der Waals surface area contributed by atoms with Crippen LogP contribution in [0.2, 0.25) is 0 Å². The molecule has 1 unspecified atom stereocenters. The topological polar surface area (TPSA) is 183 Å². The summed E-state index contributed by atoms with van der Waals surface area (Å²) in [6.07, 6.45) is -8.73. The average molecular weight is 813 g/mol. The SMILES string of the molecule is CC[C@H]1OC(=O)[C@H](C)[C@@H](O[C@H]2C[C@@](C)(OC)[C@@H](O)[C@H](C)O2)C(C)[C@@H](O[C@@H]2O[C@H](C)C[C@H](N(C)C)[C@H]2O)[C@](C)(OC)C[C@@H](C)C(=O)[C@H](C)[C@@H](O)[C@]1(C)O.[Zn]. The molecule has 15 heteroatoms. The number of hydrogen-bond acceptors (Lipinski definition) is 14. The van der Waals surface area contributed by atoms with E-state index >= 15 is 0 Å². The second-order valence-corrected chi connectivity index (χ2v) is 16.6. The Morgan fingerprint density at radius 1 is 0.849 bits per heavy atom. The molecule has 4 N–H and O–H groups in total. The Balaban J connectivity index is 0.00000972. The van der Waals surface area contributed by atoms with Crippen LogP contribution in [0.25, 0.3) is 0 Å². The summed E-state index contributed by atoms with van der Waals surface area (Å²) in [5.41, 5.74) is -4.24. The van der Waals surface area contributed by atoms with E-state index in [9.17, 15) is 30.0 Å². The summed E-state index contributed by atoms with van der Waals surface area (Å²) in [5.74, 6) is -4.47. The maximum Gasteiger partial charge on any atom is 0.311 e. The number of carbonyl (C=O) groups excluding carboxylic acids is 2. The van der Waals surface area contributed by atoms with Gasteiger partial charge in [-0.25, -0.2) is 0 Å². The first-order valence-corrected chi connectivity index (χ1v) is 18.9. The Bertz CT molecular complexity index is 1190. The molecule has 0 radical (unpaired) electrons. The van der Waals surface area contributed by atoms with Crippen LogP contribution < -0.4 is 0 Å². The van der Waals surface area contributed by atoms with E-state index in [1.807, 2.05) is 32.8 Å². The molecule has 18 atom stereocenters. The van der Waals surface area contributed by atoms with Crippen molar-refractivity contribution in [3.8, 4) is 0 Å². The van der Waals surface area contributed by atoms with Gasteiger partial charge in [0.15, 0.2) is 12.6 Å². The fourth-order valence-corrected chi connectivity index (χ4v) is 8.58. The normalized spacial score (nSPS) is 48.1. The Hall–Kier alpha value is -0.677. The molecule has 3 heterocycles. The van der Waals surface area contributed by atoms with Crippen molar-refractivity contribution in [2.24, 2.45) is 23.7 Å². The molecule has 0 aromatic carbocycles. The van der Waals surface area contributed by atoms with Crippen LogP contribution >= 0.6 is 0 Å². The van der Waals surface area contributed by atoms with Crippen LogP contribution in [-0.4, -0.2) is 150 Å². The van der Waals surface area contributed by atoms with Crippen molar-refractivity contribution < 1.29 is 82.7 Å². The number of aliphatic hydroxyl groups excluding tert-OH is 3. The summed E-state index contributed by atoms with van der Waals surface area (Å²) >= 11 is 0. The number of methoxy groups -OCH3 is 2. The average Bonchev–Trinajstić information content (AvgIpc) is 3.09. The second kappa shape index (κ2) is 19.2. The van der Waals surface area contributed by atoms with Crippen molar-refractivity contribution in [3.05, 3.63) is 0 Å². The largest absolute Gasteiger partial charge is 0.459 e. The zero-order chi connectivity index (χ0) is 39.7. The van der Waals surface area contributed by atoms with E-state index in [0.717, 1.165) is 0 Å². The molecule has 0 amide bonds. The molecular formula is C38H69NO13Zn. The molecule has 3 aliphatic heterocycles. The number of aliphatic hydroxyl groups is 4. The zero-order valence-electron chi connectivity index (χ0n) is 34.6. The number of carbonyl (C=O) groups is 2. The summed E-state index contributed by atoms with van der Waals surface area (Å²) in [5, 5.41) is 45.6. The second-order valence-electron chi connectivity index (χ2n) is 16.6. The van der Waals surface area contributed by atoms with Gasteiger partial charge in [-0.2, -0.15) is 0 Å². The third-order valence-corrected chi connectivity index (χ3v) is 12.3. The maximum absolute atomic E-state index is 14.2. The summed E-state index contributed by atoms with van der Waals surface area (Å²) in [6, 6.07) is -0.283. The van der Waals surface area contributed by atoms with Gasteiger partial charge in [-0.15, -0.1) is 0 Å². The first-order valence-electron chi connectivity index (χ1n) is 18.9.